The first kappa shape index (κ1) is 58.2. The van der Waals surface area contributed by atoms with Gasteiger partial charge in [-0.2, -0.15) is 0 Å². The second-order valence-corrected chi connectivity index (χ2v) is 18.8. The summed E-state index contributed by atoms with van der Waals surface area (Å²) >= 11 is 0. The van der Waals surface area contributed by atoms with Crippen LogP contribution in [0.4, 0.5) is 0 Å². The fourth-order valence-electron chi connectivity index (χ4n) is 8.88. The first-order chi connectivity index (χ1) is 29.8. The van der Waals surface area contributed by atoms with E-state index in [4.69, 9.17) is 9.47 Å². The summed E-state index contributed by atoms with van der Waals surface area (Å²) < 4.78 is 11.4. The molecule has 0 spiro atoms. The van der Waals surface area contributed by atoms with Crippen molar-refractivity contribution in [1.29, 1.82) is 0 Å². The predicted octanol–water partition coefficient (Wildman–Crippen LogP) is 10.5. The number of hydrogen-bond acceptors (Lipinski definition) is 9. The van der Waals surface area contributed by atoms with E-state index in [1.54, 1.807) is 0 Å². The lowest BCUT2D eigenvalue weighted by Gasteiger charge is -2.40. The third-order valence-electron chi connectivity index (χ3n) is 13.1. The van der Waals surface area contributed by atoms with Gasteiger partial charge in [-0.3, -0.25) is 4.79 Å². The van der Waals surface area contributed by atoms with Crippen LogP contribution >= 0.6 is 0 Å². The molecule has 8 atom stereocenters. The lowest BCUT2D eigenvalue weighted by molar-refractivity contribution is -0.231. The second kappa shape index (κ2) is 41.8. The van der Waals surface area contributed by atoms with E-state index in [-0.39, 0.29) is 18.7 Å². The van der Waals surface area contributed by atoms with Crippen molar-refractivity contribution in [2.45, 2.75) is 300 Å². The Balaban J connectivity index is 2.24. The van der Waals surface area contributed by atoms with Crippen LogP contribution in [0.2, 0.25) is 0 Å². The van der Waals surface area contributed by atoms with Crippen LogP contribution in [0.5, 0.6) is 0 Å². The van der Waals surface area contributed by atoms with Gasteiger partial charge in [0, 0.05) is 19.6 Å². The summed E-state index contributed by atoms with van der Waals surface area (Å²) in [7, 11) is 0. The summed E-state index contributed by atoms with van der Waals surface area (Å²) in [5.41, 5.74) is 0. The van der Waals surface area contributed by atoms with Crippen LogP contribution in [0, 0.1) is 0 Å². The van der Waals surface area contributed by atoms with E-state index in [1.165, 1.54) is 173 Å². The maximum atomic E-state index is 13.1. The van der Waals surface area contributed by atoms with Gasteiger partial charge in [-0.1, -0.05) is 206 Å². The molecular weight excluding hydrogens is 771 g/mol. The Bertz CT molecular complexity index is 942. The number of ether oxygens (including phenoxy) is 2. The second-order valence-electron chi connectivity index (χ2n) is 18.8. The molecule has 1 aliphatic rings. The van der Waals surface area contributed by atoms with Gasteiger partial charge in [-0.05, 0) is 38.5 Å². The Labute approximate surface area is 375 Å². The number of hydrogen-bond donors (Lipinski definition) is 7. The molecule has 0 aliphatic carbocycles. The lowest BCUT2D eigenvalue weighted by atomic mass is 9.90. The molecule has 7 N–H and O–H groups in total. The van der Waals surface area contributed by atoms with Gasteiger partial charge in [0.05, 0.1) is 31.0 Å². The van der Waals surface area contributed by atoms with E-state index in [0.717, 1.165) is 51.7 Å². The van der Waals surface area contributed by atoms with Crippen molar-refractivity contribution in [3.8, 4) is 0 Å². The van der Waals surface area contributed by atoms with Gasteiger partial charge < -0.3 is 45.4 Å². The van der Waals surface area contributed by atoms with Crippen molar-refractivity contribution in [2.75, 3.05) is 19.8 Å². The van der Waals surface area contributed by atoms with E-state index < -0.39 is 55.4 Å². The highest BCUT2D eigenvalue weighted by Gasteiger charge is 2.43. The summed E-state index contributed by atoms with van der Waals surface area (Å²) in [4.78, 5) is 13.1. The summed E-state index contributed by atoms with van der Waals surface area (Å²) in [5.74, 6) is -0.177. The molecule has 0 aromatic carbocycles. The van der Waals surface area contributed by atoms with Gasteiger partial charge in [0.1, 0.15) is 24.4 Å². The predicted molar refractivity (Wildman–Crippen MR) is 251 cm³/mol. The van der Waals surface area contributed by atoms with Crippen molar-refractivity contribution >= 4 is 5.91 Å². The number of aliphatic hydroxyl groups excluding tert-OH is 6. The molecular formula is C51H101NO9. The molecule has 61 heavy (non-hydrogen) atoms. The summed E-state index contributed by atoms with van der Waals surface area (Å²) in [6.07, 6.45) is 33.6. The molecule has 1 heterocycles. The van der Waals surface area contributed by atoms with Gasteiger partial charge in [0.2, 0.25) is 5.91 Å². The normalized spacial score (nSPS) is 20.8. The van der Waals surface area contributed by atoms with Gasteiger partial charge in [0.15, 0.2) is 0 Å². The fourth-order valence-corrected chi connectivity index (χ4v) is 8.88. The Morgan fingerprint density at radius 3 is 1.33 bits per heavy atom. The van der Waals surface area contributed by atoms with E-state index in [0.29, 0.717) is 12.8 Å². The highest BCUT2D eigenvalue weighted by Crippen LogP contribution is 2.26. The number of amides is 1. The minimum absolute atomic E-state index is 0.158. The monoisotopic (exact) mass is 872 g/mol. The number of nitrogens with one attached hydrogen (secondary N) is 1. The van der Waals surface area contributed by atoms with Crippen molar-refractivity contribution in [1.82, 2.24) is 5.32 Å². The molecule has 1 saturated heterocycles. The minimum atomic E-state index is -1.48. The zero-order valence-electron chi connectivity index (χ0n) is 39.8. The molecule has 1 amide bonds. The average molecular weight is 872 g/mol. The SMILES string of the molecule is CCCCCCCCCCCCCCC(O)[C@@H](O)[C@H](CC[C@H]1OC(CO)[C@H](O)C(O)C1O)NC(=O)CCCCCCCCCCCCCCCCCCCOCCCCCC. The van der Waals surface area contributed by atoms with Crippen molar-refractivity contribution in [2.24, 2.45) is 0 Å². The molecule has 0 aromatic rings. The Kier molecular flexibility index (Phi) is 39.9. The number of rotatable bonds is 45. The molecule has 1 fully saturated rings. The Morgan fingerprint density at radius 1 is 0.508 bits per heavy atom. The Morgan fingerprint density at radius 2 is 0.885 bits per heavy atom. The van der Waals surface area contributed by atoms with Crippen LogP contribution in [0.3, 0.4) is 0 Å². The number of unbranched alkanes of at least 4 members (excludes halogenated alkanes) is 30. The fraction of sp³-hybridized carbons (Fsp3) is 0.980. The zero-order chi connectivity index (χ0) is 44.6. The van der Waals surface area contributed by atoms with Crippen LogP contribution in [0.1, 0.15) is 251 Å². The van der Waals surface area contributed by atoms with Crippen molar-refractivity contribution < 1.29 is 44.9 Å². The lowest BCUT2D eigenvalue weighted by Crippen LogP contribution is -2.59. The molecule has 364 valence electrons. The van der Waals surface area contributed by atoms with Crippen LogP contribution < -0.4 is 5.32 Å². The van der Waals surface area contributed by atoms with Crippen LogP contribution in [-0.2, 0) is 14.3 Å². The van der Waals surface area contributed by atoms with E-state index in [9.17, 15) is 35.4 Å². The quantitative estimate of drug-likeness (QED) is 0.0295. The highest BCUT2D eigenvalue weighted by atomic mass is 16.5. The summed E-state index contributed by atoms with van der Waals surface area (Å²) in [5, 5.41) is 65.8. The Hall–Kier alpha value is -0.850. The van der Waals surface area contributed by atoms with Gasteiger partial charge in [-0.25, -0.2) is 0 Å². The van der Waals surface area contributed by atoms with Crippen LogP contribution in [0.25, 0.3) is 0 Å². The van der Waals surface area contributed by atoms with Crippen molar-refractivity contribution in [3.05, 3.63) is 0 Å². The van der Waals surface area contributed by atoms with Gasteiger partial charge in [-0.15, -0.1) is 0 Å². The topological polar surface area (TPSA) is 169 Å². The first-order valence-electron chi connectivity index (χ1n) is 26.3. The maximum Gasteiger partial charge on any atom is 0.220 e. The summed E-state index contributed by atoms with van der Waals surface area (Å²) in [6.45, 7) is 5.85. The maximum absolute atomic E-state index is 13.1. The first-order valence-corrected chi connectivity index (χ1v) is 26.3. The molecule has 4 unspecified atom stereocenters. The molecule has 1 rings (SSSR count). The van der Waals surface area contributed by atoms with Gasteiger partial charge >= 0.3 is 0 Å². The van der Waals surface area contributed by atoms with E-state index >= 15 is 0 Å². The molecule has 10 heteroatoms. The molecule has 0 radical (unpaired) electrons. The van der Waals surface area contributed by atoms with Crippen LogP contribution in [-0.4, -0.2) is 105 Å². The zero-order valence-corrected chi connectivity index (χ0v) is 39.8. The largest absolute Gasteiger partial charge is 0.394 e. The van der Waals surface area contributed by atoms with Crippen LogP contribution in [0.15, 0.2) is 0 Å². The molecule has 1 aliphatic heterocycles. The molecule has 0 bridgehead atoms. The smallest absolute Gasteiger partial charge is 0.220 e. The minimum Gasteiger partial charge on any atom is -0.394 e. The third kappa shape index (κ3) is 31.6. The van der Waals surface area contributed by atoms with E-state index in [1.807, 2.05) is 0 Å². The van der Waals surface area contributed by atoms with Gasteiger partial charge in [0.25, 0.3) is 0 Å². The summed E-state index contributed by atoms with van der Waals surface area (Å²) in [6, 6.07) is -0.766. The molecule has 0 saturated carbocycles. The highest BCUT2D eigenvalue weighted by molar-refractivity contribution is 5.76. The molecule has 0 aromatic heterocycles. The van der Waals surface area contributed by atoms with Crippen molar-refractivity contribution in [3.63, 3.8) is 0 Å². The average Bonchev–Trinajstić information content (AvgIpc) is 3.26. The van der Waals surface area contributed by atoms with E-state index in [2.05, 4.69) is 19.2 Å². The number of carbonyl (C=O) groups is 1. The number of aliphatic hydroxyl groups is 6. The standard InChI is InChI=1S/C51H101NO9/c1-3-5-7-9-10-11-12-20-23-26-29-32-36-44(54)48(56)43(38-39-45-49(57)51(59)50(58)46(42-53)61-45)52-47(55)37-33-30-27-24-21-18-16-14-13-15-17-19-22-25-28-31-35-41-60-40-34-8-6-4-2/h43-46,48-51,53-54,56-59H,3-42H2,1-2H3,(H,52,55)/t43-,44?,45+,46?,48-,49?,50-,51?/m0/s1. The molecule has 10 nitrogen and oxygen atoms in total. The number of carbonyl (C=O) groups excluding carboxylic acids is 1. The third-order valence-corrected chi connectivity index (χ3v) is 13.1.